The third-order valence-corrected chi connectivity index (χ3v) is 3.85. The normalized spacial score (nSPS) is 25.3. The van der Waals surface area contributed by atoms with E-state index in [9.17, 15) is 15.2 Å². The Morgan fingerprint density at radius 2 is 2.17 bits per heavy atom. The number of aliphatic hydroxyl groups is 1. The van der Waals surface area contributed by atoms with Crippen LogP contribution in [0.2, 0.25) is 0 Å². The highest BCUT2D eigenvalue weighted by Gasteiger charge is 2.49. The number of rotatable bonds is 3. The van der Waals surface area contributed by atoms with E-state index in [2.05, 4.69) is 0 Å². The number of hydrogen-bond acceptors (Lipinski definition) is 4. The van der Waals surface area contributed by atoms with Gasteiger partial charge in [0.05, 0.1) is 16.6 Å². The minimum Gasteiger partial charge on any atom is -0.489 e. The van der Waals surface area contributed by atoms with Crippen molar-refractivity contribution in [3.8, 4) is 5.75 Å². The summed E-state index contributed by atoms with van der Waals surface area (Å²) in [5.41, 5.74) is 0.279. The third kappa shape index (κ3) is 1.95. The second-order valence-corrected chi connectivity index (χ2v) is 5.34. The molecule has 1 aliphatic rings. The molecule has 0 bridgehead atoms. The van der Waals surface area contributed by atoms with Gasteiger partial charge in [-0.3, -0.25) is 10.1 Å². The van der Waals surface area contributed by atoms with E-state index in [1.54, 1.807) is 19.1 Å². The van der Waals surface area contributed by atoms with Crippen molar-refractivity contribution in [2.24, 2.45) is 5.41 Å². The van der Waals surface area contributed by atoms with Gasteiger partial charge in [0.25, 0.3) is 5.69 Å². The maximum absolute atomic E-state index is 10.8. The van der Waals surface area contributed by atoms with Crippen LogP contribution < -0.4 is 4.74 Å². The summed E-state index contributed by atoms with van der Waals surface area (Å²) in [7, 11) is 0. The average molecular weight is 251 g/mol. The summed E-state index contributed by atoms with van der Waals surface area (Å²) in [6, 6.07) is 4.80. The zero-order valence-corrected chi connectivity index (χ0v) is 10.7. The summed E-state index contributed by atoms with van der Waals surface area (Å²) >= 11 is 0. The van der Waals surface area contributed by atoms with Crippen LogP contribution in [0.5, 0.6) is 5.75 Å². The topological polar surface area (TPSA) is 72.6 Å². The van der Waals surface area contributed by atoms with Crippen LogP contribution in [-0.2, 0) is 0 Å². The summed E-state index contributed by atoms with van der Waals surface area (Å²) in [4.78, 5) is 10.4. The van der Waals surface area contributed by atoms with E-state index in [0.29, 0.717) is 17.7 Å². The van der Waals surface area contributed by atoms with Gasteiger partial charge in [0.15, 0.2) is 0 Å². The second-order valence-electron chi connectivity index (χ2n) is 5.34. The Balaban J connectivity index is 2.21. The summed E-state index contributed by atoms with van der Waals surface area (Å²) in [5, 5.41) is 20.5. The van der Waals surface area contributed by atoms with E-state index >= 15 is 0 Å². The first-order chi connectivity index (χ1) is 8.34. The fraction of sp³-hybridized carbons (Fsp3) is 0.538. The molecule has 18 heavy (non-hydrogen) atoms. The molecular formula is C13H17NO4. The van der Waals surface area contributed by atoms with E-state index in [0.717, 1.165) is 0 Å². The van der Waals surface area contributed by atoms with Crippen LogP contribution in [0.3, 0.4) is 0 Å². The fourth-order valence-corrected chi connectivity index (χ4v) is 2.15. The lowest BCUT2D eigenvalue weighted by atomic mass is 9.66. The second kappa shape index (κ2) is 4.24. The number of nitro benzene ring substituents is 1. The average Bonchev–Trinajstić information content (AvgIpc) is 2.30. The number of ether oxygens (including phenoxy) is 1. The van der Waals surface area contributed by atoms with Crippen molar-refractivity contribution < 1.29 is 14.8 Å². The molecule has 2 rings (SSSR count). The number of hydrogen-bond donors (Lipinski definition) is 1. The van der Waals surface area contributed by atoms with Crippen molar-refractivity contribution >= 4 is 5.69 Å². The zero-order valence-electron chi connectivity index (χ0n) is 10.7. The first-order valence-corrected chi connectivity index (χ1v) is 5.92. The molecular weight excluding hydrogens is 234 g/mol. The number of nitro groups is 1. The van der Waals surface area contributed by atoms with E-state index < -0.39 is 4.92 Å². The van der Waals surface area contributed by atoms with Crippen LogP contribution in [-0.4, -0.2) is 22.2 Å². The summed E-state index contributed by atoms with van der Waals surface area (Å²) < 4.78 is 5.79. The van der Waals surface area contributed by atoms with Crippen molar-refractivity contribution in [2.75, 3.05) is 0 Å². The molecule has 1 fully saturated rings. The first-order valence-electron chi connectivity index (χ1n) is 5.92. The number of nitrogens with zero attached hydrogens (tertiary/aromatic N) is 1. The monoisotopic (exact) mass is 251 g/mol. The van der Waals surface area contributed by atoms with Gasteiger partial charge in [0.2, 0.25) is 0 Å². The molecule has 1 aromatic carbocycles. The Kier molecular flexibility index (Phi) is 3.02. The lowest BCUT2D eigenvalue weighted by molar-refractivity contribution is -0.385. The van der Waals surface area contributed by atoms with E-state index in [-0.39, 0.29) is 23.3 Å². The van der Waals surface area contributed by atoms with Gasteiger partial charge in [-0.2, -0.15) is 0 Å². The highest BCUT2D eigenvalue weighted by molar-refractivity contribution is 5.48. The molecule has 2 unspecified atom stereocenters. The molecule has 0 radical (unpaired) electrons. The standard InChI is InChI=1S/C13H17NO4/c1-8-9(14(16)17)5-4-6-10(8)18-12-7-11(15)13(12,2)3/h4-6,11-12,15H,7H2,1-3H3. The van der Waals surface area contributed by atoms with Crippen molar-refractivity contribution in [2.45, 2.75) is 39.4 Å². The minimum atomic E-state index is -0.414. The number of benzene rings is 1. The highest BCUT2D eigenvalue weighted by Crippen LogP contribution is 2.43. The quantitative estimate of drug-likeness (QED) is 0.661. The Morgan fingerprint density at radius 3 is 2.67 bits per heavy atom. The van der Waals surface area contributed by atoms with Crippen LogP contribution in [0.4, 0.5) is 5.69 Å². The van der Waals surface area contributed by atoms with Crippen molar-refractivity contribution in [3.63, 3.8) is 0 Å². The molecule has 2 atom stereocenters. The molecule has 5 nitrogen and oxygen atoms in total. The Hall–Kier alpha value is -1.62. The molecule has 0 aliphatic heterocycles. The van der Waals surface area contributed by atoms with E-state index in [4.69, 9.17) is 4.74 Å². The predicted molar refractivity (Wildman–Crippen MR) is 66.7 cm³/mol. The van der Waals surface area contributed by atoms with Crippen molar-refractivity contribution in [3.05, 3.63) is 33.9 Å². The molecule has 5 heteroatoms. The lowest BCUT2D eigenvalue weighted by Gasteiger charge is -2.48. The summed E-state index contributed by atoms with van der Waals surface area (Å²) in [6.07, 6.45) is 0.0875. The van der Waals surface area contributed by atoms with Gasteiger partial charge < -0.3 is 9.84 Å². The molecule has 0 spiro atoms. The van der Waals surface area contributed by atoms with Gasteiger partial charge in [-0.1, -0.05) is 19.9 Å². The maximum Gasteiger partial charge on any atom is 0.276 e. The van der Waals surface area contributed by atoms with E-state index in [1.807, 2.05) is 13.8 Å². The largest absolute Gasteiger partial charge is 0.489 e. The molecule has 1 N–H and O–H groups in total. The van der Waals surface area contributed by atoms with Gasteiger partial charge in [0, 0.05) is 17.9 Å². The zero-order chi connectivity index (χ0) is 13.5. The van der Waals surface area contributed by atoms with Crippen molar-refractivity contribution in [1.29, 1.82) is 0 Å². The number of aliphatic hydroxyl groups excluding tert-OH is 1. The Morgan fingerprint density at radius 1 is 1.50 bits per heavy atom. The molecule has 0 saturated heterocycles. The molecule has 1 saturated carbocycles. The van der Waals surface area contributed by atoms with E-state index in [1.165, 1.54) is 6.07 Å². The van der Waals surface area contributed by atoms with Crippen LogP contribution in [0, 0.1) is 22.5 Å². The van der Waals surface area contributed by atoms with Crippen LogP contribution >= 0.6 is 0 Å². The lowest BCUT2D eigenvalue weighted by Crippen LogP contribution is -2.56. The van der Waals surface area contributed by atoms with Crippen LogP contribution in [0.25, 0.3) is 0 Å². The van der Waals surface area contributed by atoms with Gasteiger partial charge >= 0.3 is 0 Å². The molecule has 1 aliphatic carbocycles. The maximum atomic E-state index is 10.8. The van der Waals surface area contributed by atoms with Gasteiger partial charge in [-0.05, 0) is 13.0 Å². The molecule has 0 heterocycles. The Labute approximate surface area is 106 Å². The smallest absolute Gasteiger partial charge is 0.276 e. The SMILES string of the molecule is Cc1c(OC2CC(O)C2(C)C)cccc1[N+](=O)[O-]. The predicted octanol–water partition coefficient (Wildman–Crippen LogP) is 2.44. The third-order valence-electron chi connectivity index (χ3n) is 3.85. The van der Waals surface area contributed by atoms with Crippen LogP contribution in [0.1, 0.15) is 25.8 Å². The Bertz CT molecular complexity index is 484. The first kappa shape index (κ1) is 12.8. The highest BCUT2D eigenvalue weighted by atomic mass is 16.6. The molecule has 1 aromatic rings. The van der Waals surface area contributed by atoms with Crippen LogP contribution in [0.15, 0.2) is 18.2 Å². The fourth-order valence-electron chi connectivity index (χ4n) is 2.15. The molecule has 0 aromatic heterocycles. The summed E-state index contributed by atoms with van der Waals surface area (Å²) in [5.74, 6) is 0.522. The summed E-state index contributed by atoms with van der Waals surface area (Å²) in [6.45, 7) is 5.53. The van der Waals surface area contributed by atoms with Gasteiger partial charge in [-0.25, -0.2) is 0 Å². The minimum absolute atomic E-state index is 0.0604. The molecule has 98 valence electrons. The van der Waals surface area contributed by atoms with Crippen molar-refractivity contribution in [1.82, 2.24) is 0 Å². The van der Waals surface area contributed by atoms with Gasteiger partial charge in [0.1, 0.15) is 11.9 Å². The molecule has 0 amide bonds. The van der Waals surface area contributed by atoms with Gasteiger partial charge in [-0.15, -0.1) is 0 Å².